The van der Waals surface area contributed by atoms with Crippen molar-refractivity contribution < 1.29 is 14.2 Å². The van der Waals surface area contributed by atoms with Gasteiger partial charge in [0.25, 0.3) is 5.91 Å². The van der Waals surface area contributed by atoms with Crippen LogP contribution in [0.3, 0.4) is 0 Å². The summed E-state index contributed by atoms with van der Waals surface area (Å²) in [4.78, 5) is 21.8. The summed E-state index contributed by atoms with van der Waals surface area (Å²) in [6.07, 6.45) is 5.44. The molecular weight excluding hydrogens is 412 g/mol. The smallest absolute Gasteiger partial charge is 0.255 e. The van der Waals surface area contributed by atoms with Crippen molar-refractivity contribution in [2.24, 2.45) is 5.92 Å². The van der Waals surface area contributed by atoms with Crippen molar-refractivity contribution in [2.75, 3.05) is 32.0 Å². The number of morpholine rings is 1. The van der Waals surface area contributed by atoms with Gasteiger partial charge in [0.15, 0.2) is 17.3 Å². The van der Waals surface area contributed by atoms with Gasteiger partial charge in [0, 0.05) is 32.4 Å². The molecule has 1 saturated heterocycles. The third-order valence-corrected chi connectivity index (χ3v) is 5.25. The number of carbonyl (C=O) groups excluding carboxylic acids is 1. The summed E-state index contributed by atoms with van der Waals surface area (Å²) < 4.78 is 12.4. The number of hydrogen-bond donors (Lipinski definition) is 3. The lowest BCUT2D eigenvalue weighted by Gasteiger charge is -2.23. The van der Waals surface area contributed by atoms with E-state index in [0.717, 1.165) is 25.9 Å². The van der Waals surface area contributed by atoms with Gasteiger partial charge in [-0.15, -0.1) is 12.4 Å². The first kappa shape index (κ1) is 20.5. The third kappa shape index (κ3) is 3.95. The Labute approximate surface area is 178 Å². The Kier molecular flexibility index (Phi) is 5.84. The van der Waals surface area contributed by atoms with Gasteiger partial charge in [0.2, 0.25) is 0 Å². The van der Waals surface area contributed by atoms with Gasteiger partial charge in [0.05, 0.1) is 30.0 Å². The summed E-state index contributed by atoms with van der Waals surface area (Å²) in [6, 6.07) is 0. The molecule has 1 amide bonds. The zero-order valence-corrected chi connectivity index (χ0v) is 17.0. The van der Waals surface area contributed by atoms with Crippen LogP contribution in [-0.2, 0) is 11.3 Å². The first-order valence-corrected chi connectivity index (χ1v) is 9.74. The molecule has 1 aliphatic heterocycles. The Bertz CT molecular complexity index is 1040. The second kappa shape index (κ2) is 8.54. The number of hydrogen-bond acceptors (Lipinski definition) is 9. The predicted octanol–water partition coefficient (Wildman–Crippen LogP) is 0.613. The molecule has 4 heterocycles. The van der Waals surface area contributed by atoms with Crippen LogP contribution in [-0.4, -0.2) is 63.1 Å². The third-order valence-electron chi connectivity index (χ3n) is 5.25. The maximum Gasteiger partial charge on any atom is 0.255 e. The Morgan fingerprint density at radius 2 is 2.20 bits per heavy atom. The highest BCUT2D eigenvalue weighted by Crippen LogP contribution is 2.35. The Hall–Kier alpha value is -2.76. The van der Waals surface area contributed by atoms with Crippen LogP contribution in [0.4, 0.5) is 5.82 Å². The largest absolute Gasteiger partial charge is 0.379 e. The first-order chi connectivity index (χ1) is 14.2. The number of nitrogen functional groups attached to an aromatic ring is 1. The summed E-state index contributed by atoms with van der Waals surface area (Å²) in [7, 11) is 0. The van der Waals surface area contributed by atoms with E-state index in [9.17, 15) is 4.79 Å². The van der Waals surface area contributed by atoms with Crippen molar-refractivity contribution in [1.29, 1.82) is 0 Å². The van der Waals surface area contributed by atoms with E-state index in [-0.39, 0.29) is 30.2 Å². The molecule has 3 aromatic heterocycles. The molecule has 0 radical (unpaired) electrons. The van der Waals surface area contributed by atoms with E-state index >= 15 is 0 Å². The second-order valence-corrected chi connectivity index (χ2v) is 7.45. The summed E-state index contributed by atoms with van der Waals surface area (Å²) in [5.74, 6) is 1.02. The molecule has 0 bridgehead atoms. The van der Waals surface area contributed by atoms with Crippen LogP contribution in [0.25, 0.3) is 22.6 Å². The number of aromatic nitrogens is 5. The lowest BCUT2D eigenvalue weighted by Crippen LogP contribution is -2.45. The number of carbonyl (C=O) groups is 1. The highest BCUT2D eigenvalue weighted by molar-refractivity contribution is 6.05. The number of halogens is 1. The van der Waals surface area contributed by atoms with E-state index in [2.05, 4.69) is 30.9 Å². The number of fused-ring (bicyclic) bond motifs is 1. The lowest BCUT2D eigenvalue weighted by atomic mass is 10.2. The molecule has 0 aromatic carbocycles. The van der Waals surface area contributed by atoms with Crippen LogP contribution in [0.1, 0.15) is 23.2 Å². The Morgan fingerprint density at radius 3 is 2.90 bits per heavy atom. The van der Waals surface area contributed by atoms with E-state index in [0.29, 0.717) is 53.7 Å². The molecular formula is C18H23ClN8O3. The van der Waals surface area contributed by atoms with Gasteiger partial charge < -0.3 is 25.7 Å². The van der Waals surface area contributed by atoms with Crippen LogP contribution in [0.15, 0.2) is 17.0 Å². The molecule has 11 nitrogen and oxygen atoms in total. The van der Waals surface area contributed by atoms with Crippen LogP contribution in [0.5, 0.6) is 0 Å². The van der Waals surface area contributed by atoms with E-state index in [4.69, 9.17) is 15.1 Å². The van der Waals surface area contributed by atoms with Crippen LogP contribution < -0.4 is 16.4 Å². The number of nitrogens with two attached hydrogens (primary N) is 1. The van der Waals surface area contributed by atoms with Crippen molar-refractivity contribution in [3.63, 3.8) is 0 Å². The summed E-state index contributed by atoms with van der Waals surface area (Å²) in [5, 5.41) is 13.8. The molecule has 4 N–H and O–H groups in total. The minimum absolute atomic E-state index is 0. The van der Waals surface area contributed by atoms with Gasteiger partial charge in [-0.1, -0.05) is 0 Å². The van der Waals surface area contributed by atoms with Crippen molar-refractivity contribution in [3.8, 4) is 11.5 Å². The minimum Gasteiger partial charge on any atom is -0.379 e. The maximum absolute atomic E-state index is 13.0. The monoisotopic (exact) mass is 434 g/mol. The second-order valence-electron chi connectivity index (χ2n) is 7.45. The molecule has 1 aliphatic carbocycles. The average molecular weight is 435 g/mol. The van der Waals surface area contributed by atoms with Gasteiger partial charge in [-0.25, -0.2) is 9.61 Å². The van der Waals surface area contributed by atoms with Gasteiger partial charge in [0.1, 0.15) is 5.52 Å². The molecule has 3 aromatic rings. The minimum atomic E-state index is -0.216. The molecule has 5 rings (SSSR count). The fourth-order valence-electron chi connectivity index (χ4n) is 3.58. The van der Waals surface area contributed by atoms with E-state index < -0.39 is 0 Å². The molecule has 0 spiro atoms. The number of rotatable bonds is 6. The Morgan fingerprint density at radius 1 is 1.33 bits per heavy atom. The van der Waals surface area contributed by atoms with Crippen molar-refractivity contribution in [2.45, 2.75) is 25.5 Å². The zero-order chi connectivity index (χ0) is 19.8. The highest BCUT2D eigenvalue weighted by atomic mass is 35.5. The number of imidazole rings is 1. The number of pyridine rings is 1. The first-order valence-electron chi connectivity index (χ1n) is 9.74. The fourth-order valence-corrected chi connectivity index (χ4v) is 3.58. The maximum atomic E-state index is 13.0. The zero-order valence-electron chi connectivity index (χ0n) is 16.2. The lowest BCUT2D eigenvalue weighted by molar-refractivity contribution is 0.0287. The average Bonchev–Trinajstić information content (AvgIpc) is 3.35. The number of nitrogens with zero attached hydrogens (tertiary/aromatic N) is 5. The number of anilines is 1. The van der Waals surface area contributed by atoms with Gasteiger partial charge >= 0.3 is 0 Å². The standard InChI is InChI=1S/C18H22N8O3.ClH/c19-16-14(24-29-25-16)17-23-13-8-21-7-12(15(13)26(17)9-10-1-2-10)18(27)22-6-11-5-20-3-4-28-11;/h7-8,10-11,20H,1-6,9H2,(H2,19,25)(H,22,27);1H. The fraction of sp³-hybridized carbons (Fsp3) is 0.500. The molecule has 160 valence electrons. The van der Waals surface area contributed by atoms with Crippen molar-refractivity contribution >= 4 is 35.2 Å². The van der Waals surface area contributed by atoms with Gasteiger partial charge in [-0.3, -0.25) is 9.78 Å². The van der Waals surface area contributed by atoms with Crippen molar-refractivity contribution in [1.82, 2.24) is 35.5 Å². The molecule has 1 unspecified atom stereocenters. The number of amides is 1. The normalized spacial score (nSPS) is 18.9. The SMILES string of the molecule is Cl.Nc1nonc1-c1nc2cncc(C(=O)NCC3CNCCO3)c2n1CC1CC1. The topological polar surface area (TPSA) is 146 Å². The van der Waals surface area contributed by atoms with Crippen LogP contribution in [0, 0.1) is 5.92 Å². The molecule has 12 heteroatoms. The molecule has 2 aliphatic rings. The van der Waals surface area contributed by atoms with E-state index in [1.54, 1.807) is 12.4 Å². The summed E-state index contributed by atoms with van der Waals surface area (Å²) in [6.45, 7) is 3.33. The van der Waals surface area contributed by atoms with Crippen LogP contribution in [0.2, 0.25) is 0 Å². The van der Waals surface area contributed by atoms with Gasteiger partial charge in [-0.05, 0) is 29.1 Å². The highest BCUT2D eigenvalue weighted by Gasteiger charge is 2.29. The summed E-state index contributed by atoms with van der Waals surface area (Å²) in [5.41, 5.74) is 8.05. The quantitative estimate of drug-likeness (QED) is 0.507. The number of nitrogens with one attached hydrogen (secondary N) is 2. The van der Waals surface area contributed by atoms with E-state index in [1.165, 1.54) is 0 Å². The van der Waals surface area contributed by atoms with Crippen LogP contribution >= 0.6 is 12.4 Å². The molecule has 30 heavy (non-hydrogen) atoms. The summed E-state index contributed by atoms with van der Waals surface area (Å²) >= 11 is 0. The Balaban J connectivity index is 0.00000218. The van der Waals surface area contributed by atoms with E-state index in [1.807, 2.05) is 4.57 Å². The molecule has 1 atom stereocenters. The number of ether oxygens (including phenoxy) is 1. The molecule has 1 saturated carbocycles. The molecule has 2 fully saturated rings. The van der Waals surface area contributed by atoms with Crippen molar-refractivity contribution in [3.05, 3.63) is 18.0 Å². The van der Waals surface area contributed by atoms with Gasteiger partial charge in [-0.2, -0.15) is 0 Å². The predicted molar refractivity (Wildman–Crippen MR) is 110 cm³/mol.